The maximum Gasteiger partial charge on any atom is 0.387 e. The van der Waals surface area contributed by atoms with E-state index in [1.807, 2.05) is 0 Å². The molecule has 1 aromatic rings. The van der Waals surface area contributed by atoms with E-state index in [2.05, 4.69) is 4.74 Å². The lowest BCUT2D eigenvalue weighted by atomic mass is 9.97. The highest BCUT2D eigenvalue weighted by Crippen LogP contribution is 2.34. The van der Waals surface area contributed by atoms with E-state index >= 15 is 0 Å². The zero-order valence-corrected chi connectivity index (χ0v) is 17.5. The second-order valence-electron chi connectivity index (χ2n) is 8.01. The monoisotopic (exact) mass is 440 g/mol. The summed E-state index contributed by atoms with van der Waals surface area (Å²) >= 11 is 0. The number of amides is 1. The van der Waals surface area contributed by atoms with Crippen molar-refractivity contribution in [2.24, 2.45) is 0 Å². The van der Waals surface area contributed by atoms with E-state index in [0.717, 1.165) is 31.2 Å². The smallest absolute Gasteiger partial charge is 0.387 e. The number of rotatable bonds is 5. The van der Waals surface area contributed by atoms with Crippen LogP contribution in [-0.2, 0) is 21.2 Å². The molecule has 4 rings (SSSR count). The van der Waals surface area contributed by atoms with Gasteiger partial charge < -0.3 is 9.64 Å². The first-order valence-electron chi connectivity index (χ1n) is 10.5. The molecule has 164 valence electrons. The average molecular weight is 441 g/mol. The van der Waals surface area contributed by atoms with Crippen LogP contribution >= 0.6 is 0 Å². The number of benzene rings is 1. The van der Waals surface area contributed by atoms with Gasteiger partial charge in [0.25, 0.3) is 0 Å². The predicted octanol–water partition coefficient (Wildman–Crippen LogP) is 3.38. The Balaban J connectivity index is 1.59. The van der Waals surface area contributed by atoms with Gasteiger partial charge in [0.2, 0.25) is 15.9 Å². The van der Waals surface area contributed by atoms with Gasteiger partial charge in [-0.05, 0) is 67.9 Å². The third-order valence-electron chi connectivity index (χ3n) is 6.09. The van der Waals surface area contributed by atoms with Gasteiger partial charge in [0, 0.05) is 19.6 Å². The highest BCUT2D eigenvalue weighted by atomic mass is 32.2. The Labute approximate surface area is 175 Å². The van der Waals surface area contributed by atoms with Crippen molar-refractivity contribution in [3.8, 4) is 5.75 Å². The Hall–Kier alpha value is -2.00. The van der Waals surface area contributed by atoms with Gasteiger partial charge in [-0.3, -0.25) is 4.79 Å². The molecular weight excluding hydrogens is 414 g/mol. The average Bonchev–Trinajstić information content (AvgIpc) is 3.27. The molecule has 1 atom stereocenters. The van der Waals surface area contributed by atoms with Crippen LogP contribution in [0.4, 0.5) is 8.78 Å². The molecule has 30 heavy (non-hydrogen) atoms. The molecule has 0 saturated carbocycles. The number of allylic oxidation sites excluding steroid dienone is 1. The normalized spacial score (nSPS) is 22.7. The minimum atomic E-state index is -3.78. The summed E-state index contributed by atoms with van der Waals surface area (Å²) in [6, 6.07) is 3.91. The van der Waals surface area contributed by atoms with Crippen LogP contribution in [0.25, 0.3) is 6.08 Å². The van der Waals surface area contributed by atoms with Crippen molar-refractivity contribution in [2.45, 2.75) is 57.6 Å². The number of hydrogen-bond acceptors (Lipinski definition) is 4. The summed E-state index contributed by atoms with van der Waals surface area (Å²) in [5.74, 6) is -0.0165. The first-order valence-corrected chi connectivity index (χ1v) is 11.9. The molecule has 2 heterocycles. The topological polar surface area (TPSA) is 66.9 Å². The van der Waals surface area contributed by atoms with Crippen LogP contribution in [0.15, 0.2) is 23.1 Å². The van der Waals surface area contributed by atoms with Crippen molar-refractivity contribution in [3.05, 3.63) is 34.2 Å². The highest BCUT2D eigenvalue weighted by molar-refractivity contribution is 7.93. The molecule has 0 N–H and O–H groups in total. The molecule has 2 aliphatic heterocycles. The lowest BCUT2D eigenvalue weighted by Gasteiger charge is -2.36. The van der Waals surface area contributed by atoms with Crippen LogP contribution in [0.2, 0.25) is 0 Å². The Bertz CT molecular complexity index is 942. The fourth-order valence-corrected chi connectivity index (χ4v) is 6.40. The third-order valence-corrected chi connectivity index (χ3v) is 8.13. The number of nitrogens with zero attached hydrogens (tertiary/aromatic N) is 2. The second-order valence-corrected chi connectivity index (χ2v) is 9.95. The van der Waals surface area contributed by atoms with Gasteiger partial charge in [0.1, 0.15) is 11.8 Å². The number of halogens is 2. The van der Waals surface area contributed by atoms with Gasteiger partial charge >= 0.3 is 6.61 Å². The molecular formula is C21H26F2N2O4S. The zero-order chi connectivity index (χ0) is 21.3. The van der Waals surface area contributed by atoms with Crippen LogP contribution in [-0.4, -0.2) is 55.8 Å². The molecule has 1 unspecified atom stereocenters. The summed E-state index contributed by atoms with van der Waals surface area (Å²) in [7, 11) is -3.78. The Morgan fingerprint density at radius 1 is 1.07 bits per heavy atom. The van der Waals surface area contributed by atoms with E-state index in [-0.39, 0.29) is 23.0 Å². The second kappa shape index (κ2) is 8.63. The number of aryl methyl sites for hydroxylation is 1. The van der Waals surface area contributed by atoms with E-state index in [9.17, 15) is 22.0 Å². The maximum absolute atomic E-state index is 13.5. The number of hydrogen-bond donors (Lipinski definition) is 0. The molecule has 2 fully saturated rings. The molecule has 0 spiro atoms. The first kappa shape index (κ1) is 21.2. The van der Waals surface area contributed by atoms with E-state index in [0.29, 0.717) is 38.0 Å². The van der Waals surface area contributed by atoms with Gasteiger partial charge in [-0.15, -0.1) is 0 Å². The first-order chi connectivity index (χ1) is 14.4. The minimum Gasteiger partial charge on any atom is -0.435 e. The van der Waals surface area contributed by atoms with Crippen molar-refractivity contribution in [2.75, 3.05) is 19.6 Å². The number of ether oxygens (including phenoxy) is 1. The molecule has 0 aromatic heterocycles. The number of carbonyl (C=O) groups excluding carboxylic acids is 1. The van der Waals surface area contributed by atoms with Gasteiger partial charge in [-0.25, -0.2) is 8.42 Å². The summed E-state index contributed by atoms with van der Waals surface area (Å²) < 4.78 is 57.6. The van der Waals surface area contributed by atoms with Crippen molar-refractivity contribution in [1.82, 2.24) is 9.21 Å². The van der Waals surface area contributed by atoms with Crippen molar-refractivity contribution in [1.29, 1.82) is 0 Å². The van der Waals surface area contributed by atoms with E-state index in [1.165, 1.54) is 16.4 Å². The Kier molecular flexibility index (Phi) is 6.11. The highest BCUT2D eigenvalue weighted by Gasteiger charge is 2.41. The van der Waals surface area contributed by atoms with Gasteiger partial charge in [-0.1, -0.05) is 12.5 Å². The summed E-state index contributed by atoms with van der Waals surface area (Å²) in [5, 5.41) is 0. The Morgan fingerprint density at radius 3 is 2.53 bits per heavy atom. The Morgan fingerprint density at radius 2 is 1.80 bits per heavy atom. The lowest BCUT2D eigenvalue weighted by molar-refractivity contribution is -0.135. The lowest BCUT2D eigenvalue weighted by Crippen LogP contribution is -2.52. The number of carbonyl (C=O) groups is 1. The van der Waals surface area contributed by atoms with Gasteiger partial charge in [0.05, 0.1) is 4.91 Å². The molecule has 9 heteroatoms. The molecule has 3 aliphatic rings. The number of fused-ring (bicyclic) bond motifs is 1. The van der Waals surface area contributed by atoms with Crippen molar-refractivity contribution < 1.29 is 26.7 Å². The molecule has 1 amide bonds. The molecule has 0 bridgehead atoms. The molecule has 1 aromatic carbocycles. The third kappa shape index (κ3) is 4.23. The molecule has 2 saturated heterocycles. The maximum atomic E-state index is 13.5. The standard InChI is InChI=1S/C21H26F2N2O4S/c22-21(23)29-17-8-6-16-14-18(9-7-15(16)13-17)30(27,28)25-12-2-1-5-19(25)20(26)24-10-3-4-11-24/h6,8,13-14,19,21H,1-5,7,9-12H2. The zero-order valence-electron chi connectivity index (χ0n) is 16.7. The quantitative estimate of drug-likeness (QED) is 0.704. The van der Waals surface area contributed by atoms with Crippen LogP contribution < -0.4 is 4.74 Å². The van der Waals surface area contributed by atoms with Gasteiger partial charge in [0.15, 0.2) is 0 Å². The fourth-order valence-electron chi connectivity index (χ4n) is 4.56. The molecule has 1 aliphatic carbocycles. The SMILES string of the molecule is O=C(C1CCCCN1S(=O)(=O)C1=Cc2ccc(OC(F)F)cc2CC1)N1CCCC1. The number of alkyl halides is 2. The summed E-state index contributed by atoms with van der Waals surface area (Å²) in [6.45, 7) is -1.16. The van der Waals surface area contributed by atoms with Crippen molar-refractivity contribution >= 4 is 22.0 Å². The molecule has 0 radical (unpaired) electrons. The van der Waals surface area contributed by atoms with E-state index in [4.69, 9.17) is 0 Å². The summed E-state index contributed by atoms with van der Waals surface area (Å²) in [5.41, 5.74) is 1.45. The van der Waals surface area contributed by atoms with Crippen LogP contribution in [0.5, 0.6) is 5.75 Å². The van der Waals surface area contributed by atoms with Crippen LogP contribution in [0, 0.1) is 0 Å². The predicted molar refractivity (Wildman–Crippen MR) is 108 cm³/mol. The minimum absolute atomic E-state index is 0.0655. The van der Waals surface area contributed by atoms with Crippen molar-refractivity contribution in [3.63, 3.8) is 0 Å². The van der Waals surface area contributed by atoms with Gasteiger partial charge in [-0.2, -0.15) is 13.1 Å². The number of sulfonamides is 1. The fraction of sp³-hybridized carbons (Fsp3) is 0.571. The van der Waals surface area contributed by atoms with Crippen LogP contribution in [0.1, 0.15) is 49.7 Å². The summed E-state index contributed by atoms with van der Waals surface area (Å²) in [4.78, 5) is 15.1. The summed E-state index contributed by atoms with van der Waals surface area (Å²) in [6.07, 6.45) is 6.34. The van der Waals surface area contributed by atoms with E-state index in [1.54, 1.807) is 17.0 Å². The number of piperidine rings is 1. The van der Waals surface area contributed by atoms with E-state index < -0.39 is 22.7 Å². The van der Waals surface area contributed by atoms with Crippen LogP contribution in [0.3, 0.4) is 0 Å². The molecule has 6 nitrogen and oxygen atoms in total. The largest absolute Gasteiger partial charge is 0.435 e. The number of likely N-dealkylation sites (tertiary alicyclic amines) is 1.